The van der Waals surface area contributed by atoms with Gasteiger partial charge in [0.15, 0.2) is 0 Å². The second-order valence-electron chi connectivity index (χ2n) is 6.72. The van der Waals surface area contributed by atoms with Gasteiger partial charge in [-0.3, -0.25) is 0 Å². The molecule has 170 valence electrons. The van der Waals surface area contributed by atoms with E-state index in [1.165, 1.54) is 37.3 Å². The third kappa shape index (κ3) is 6.02. The first kappa shape index (κ1) is 23.2. The Bertz CT molecular complexity index is 1100. The molecule has 0 unspecified atom stereocenters. The molecule has 0 radical (unpaired) electrons. The molecule has 0 spiro atoms. The fourth-order valence-corrected chi connectivity index (χ4v) is 2.90. The minimum atomic E-state index is -4.85. The molecular weight excluding hydrogens is 438 g/mol. The third-order valence-electron chi connectivity index (χ3n) is 4.24. The number of hydrogen-bond donors (Lipinski definition) is 2. The lowest BCUT2D eigenvalue weighted by atomic mass is 10.1. The lowest BCUT2D eigenvalue weighted by Gasteiger charge is -2.15. The van der Waals surface area contributed by atoms with E-state index in [2.05, 4.69) is 25.3 Å². The maximum atomic E-state index is 13.2. The molecule has 0 aliphatic rings. The average molecular weight is 456 g/mol. The summed E-state index contributed by atoms with van der Waals surface area (Å²) in [4.78, 5) is 8.48. The van der Waals surface area contributed by atoms with Crippen LogP contribution in [0.3, 0.4) is 0 Å². The van der Waals surface area contributed by atoms with Crippen molar-refractivity contribution in [1.29, 1.82) is 0 Å². The number of aromatic nitrogens is 2. The number of halogens is 6. The minimum absolute atomic E-state index is 0.0706. The Morgan fingerprint density at radius 1 is 0.938 bits per heavy atom. The van der Waals surface area contributed by atoms with Crippen LogP contribution in [0.4, 0.5) is 43.8 Å². The van der Waals surface area contributed by atoms with Crippen molar-refractivity contribution < 1.29 is 31.1 Å². The Morgan fingerprint density at radius 2 is 1.69 bits per heavy atom. The van der Waals surface area contributed by atoms with Crippen LogP contribution in [0.1, 0.15) is 18.1 Å². The second-order valence-corrected chi connectivity index (χ2v) is 6.72. The lowest BCUT2D eigenvalue weighted by Crippen LogP contribution is -2.17. The van der Waals surface area contributed by atoms with Crippen molar-refractivity contribution in [2.45, 2.75) is 26.4 Å². The number of benzene rings is 2. The molecule has 0 aliphatic carbocycles. The van der Waals surface area contributed by atoms with E-state index < -0.39 is 23.9 Å². The molecular formula is C21H18F6N4O. The highest BCUT2D eigenvalue weighted by atomic mass is 19.4. The van der Waals surface area contributed by atoms with E-state index in [0.29, 0.717) is 12.1 Å². The maximum Gasteiger partial charge on any atom is 0.573 e. The van der Waals surface area contributed by atoms with Gasteiger partial charge in [-0.25, -0.2) is 4.98 Å². The van der Waals surface area contributed by atoms with Gasteiger partial charge in [-0.2, -0.15) is 18.2 Å². The Balaban J connectivity index is 1.98. The predicted octanol–water partition coefficient (Wildman–Crippen LogP) is 6.54. The number of nitrogens with zero attached hydrogens (tertiary/aromatic N) is 2. The number of anilines is 3. The summed E-state index contributed by atoms with van der Waals surface area (Å²) < 4.78 is 81.2. The van der Waals surface area contributed by atoms with Crippen LogP contribution in [0.25, 0.3) is 11.3 Å². The zero-order valence-corrected chi connectivity index (χ0v) is 16.9. The molecule has 0 aliphatic heterocycles. The van der Waals surface area contributed by atoms with Crippen LogP contribution in [-0.2, 0) is 6.18 Å². The summed E-state index contributed by atoms with van der Waals surface area (Å²) >= 11 is 0. The standard InChI is InChI=1S/C21H18F6N4O/c1-3-28-19-30-17(13-5-4-6-15(9-13)32-21(25,26)27)11-18(31-19)29-14-8-7-12(2)16(10-14)20(22,23)24/h4-11H,3H2,1-2H3,(H2,28,29,30,31). The van der Waals surface area contributed by atoms with Crippen molar-refractivity contribution in [2.24, 2.45) is 0 Å². The molecule has 2 aromatic carbocycles. The summed E-state index contributed by atoms with van der Waals surface area (Å²) in [7, 11) is 0. The molecule has 3 aromatic rings. The van der Waals surface area contributed by atoms with E-state index >= 15 is 0 Å². The molecule has 5 nitrogen and oxygen atoms in total. The van der Waals surface area contributed by atoms with Gasteiger partial charge >= 0.3 is 12.5 Å². The van der Waals surface area contributed by atoms with E-state index in [4.69, 9.17) is 0 Å². The summed E-state index contributed by atoms with van der Waals surface area (Å²) in [5, 5.41) is 5.69. The topological polar surface area (TPSA) is 59.1 Å². The smallest absolute Gasteiger partial charge is 0.406 e. The third-order valence-corrected chi connectivity index (χ3v) is 4.24. The van der Waals surface area contributed by atoms with Gasteiger partial charge in [0.05, 0.1) is 11.3 Å². The molecule has 0 saturated heterocycles. The van der Waals surface area contributed by atoms with Crippen LogP contribution in [0.15, 0.2) is 48.5 Å². The SMILES string of the molecule is CCNc1nc(Nc2ccc(C)c(C(F)(F)F)c2)cc(-c2cccc(OC(F)(F)F)c2)n1. The first-order valence-corrected chi connectivity index (χ1v) is 9.38. The Kier molecular flexibility index (Phi) is 6.47. The summed E-state index contributed by atoms with van der Waals surface area (Å²) in [6.07, 6.45) is -9.37. The Morgan fingerprint density at radius 3 is 2.34 bits per heavy atom. The number of aryl methyl sites for hydroxylation is 1. The second kappa shape index (κ2) is 8.93. The number of rotatable bonds is 6. The average Bonchev–Trinajstić information content (AvgIpc) is 2.67. The first-order chi connectivity index (χ1) is 14.9. The van der Waals surface area contributed by atoms with Crippen LogP contribution < -0.4 is 15.4 Å². The lowest BCUT2D eigenvalue weighted by molar-refractivity contribution is -0.274. The van der Waals surface area contributed by atoms with Gasteiger partial charge in [0.2, 0.25) is 5.95 Å². The van der Waals surface area contributed by atoms with Gasteiger partial charge in [-0.05, 0) is 43.7 Å². The molecule has 1 heterocycles. The van der Waals surface area contributed by atoms with Gasteiger partial charge in [0.1, 0.15) is 11.6 Å². The predicted molar refractivity (Wildman–Crippen MR) is 108 cm³/mol. The minimum Gasteiger partial charge on any atom is -0.406 e. The van der Waals surface area contributed by atoms with Gasteiger partial charge in [0, 0.05) is 23.9 Å². The zero-order valence-electron chi connectivity index (χ0n) is 16.9. The van der Waals surface area contributed by atoms with Crippen LogP contribution in [0.2, 0.25) is 0 Å². The molecule has 0 atom stereocenters. The molecule has 0 amide bonds. The number of hydrogen-bond acceptors (Lipinski definition) is 5. The number of ether oxygens (including phenoxy) is 1. The van der Waals surface area contributed by atoms with Gasteiger partial charge < -0.3 is 15.4 Å². The quantitative estimate of drug-likeness (QED) is 0.412. The van der Waals surface area contributed by atoms with Crippen LogP contribution >= 0.6 is 0 Å². The largest absolute Gasteiger partial charge is 0.573 e. The summed E-state index contributed by atoms with van der Waals surface area (Å²) in [6, 6.07) is 10.4. The highest BCUT2D eigenvalue weighted by Crippen LogP contribution is 2.34. The molecule has 0 fully saturated rings. The fourth-order valence-electron chi connectivity index (χ4n) is 2.90. The van der Waals surface area contributed by atoms with Crippen LogP contribution in [0, 0.1) is 6.92 Å². The summed E-state index contributed by atoms with van der Waals surface area (Å²) in [5.74, 6) is -0.121. The molecule has 0 saturated carbocycles. The molecule has 3 rings (SSSR count). The Labute approximate surface area is 179 Å². The van der Waals surface area contributed by atoms with E-state index in [0.717, 1.165) is 18.2 Å². The molecule has 1 aromatic heterocycles. The Hall–Kier alpha value is -3.50. The van der Waals surface area contributed by atoms with Crippen molar-refractivity contribution in [3.63, 3.8) is 0 Å². The molecule has 32 heavy (non-hydrogen) atoms. The molecule has 0 bridgehead atoms. The maximum absolute atomic E-state index is 13.2. The van der Waals surface area contributed by atoms with Crippen molar-refractivity contribution in [3.8, 4) is 17.0 Å². The van der Waals surface area contributed by atoms with Crippen molar-refractivity contribution in [2.75, 3.05) is 17.2 Å². The zero-order chi connectivity index (χ0) is 23.5. The first-order valence-electron chi connectivity index (χ1n) is 9.38. The van der Waals surface area contributed by atoms with Crippen LogP contribution in [0.5, 0.6) is 5.75 Å². The van der Waals surface area contributed by atoms with E-state index in [-0.39, 0.29) is 28.7 Å². The number of alkyl halides is 6. The van der Waals surface area contributed by atoms with Gasteiger partial charge in [-0.15, -0.1) is 13.2 Å². The highest BCUT2D eigenvalue weighted by Gasteiger charge is 2.33. The van der Waals surface area contributed by atoms with Gasteiger partial charge in [0.25, 0.3) is 0 Å². The van der Waals surface area contributed by atoms with E-state index in [1.807, 2.05) is 0 Å². The van der Waals surface area contributed by atoms with Crippen molar-refractivity contribution in [3.05, 3.63) is 59.7 Å². The normalized spacial score (nSPS) is 11.9. The van der Waals surface area contributed by atoms with Crippen molar-refractivity contribution in [1.82, 2.24) is 9.97 Å². The van der Waals surface area contributed by atoms with Crippen LogP contribution in [-0.4, -0.2) is 22.9 Å². The van der Waals surface area contributed by atoms with Crippen molar-refractivity contribution >= 4 is 17.5 Å². The number of nitrogens with one attached hydrogen (secondary N) is 2. The molecule has 11 heteroatoms. The van der Waals surface area contributed by atoms with E-state index in [1.54, 1.807) is 6.92 Å². The highest BCUT2D eigenvalue weighted by molar-refractivity contribution is 5.68. The monoisotopic (exact) mass is 456 g/mol. The summed E-state index contributed by atoms with van der Waals surface area (Å²) in [6.45, 7) is 3.59. The fraction of sp³-hybridized carbons (Fsp3) is 0.238. The summed E-state index contributed by atoms with van der Waals surface area (Å²) in [5.41, 5.74) is -0.0309. The molecule has 2 N–H and O–H groups in total. The van der Waals surface area contributed by atoms with E-state index in [9.17, 15) is 26.3 Å². The van der Waals surface area contributed by atoms with Gasteiger partial charge in [-0.1, -0.05) is 18.2 Å².